The first-order valence-corrected chi connectivity index (χ1v) is 23.2. The molecular formula is C48H73FN2O11. The SMILES string of the molecule is CC[C@H]1CCC[C@H](O[C@H]2CC[C@H](N(C)C)C(C)O2)[C@@H](C)C(=O)C2=C[C@H]3[C@@H]4C[C@H](O[C@@H]5OC(C)[C@H](OC)C(OC)C5OC)C[C@H]4[C@H](Nc4cc(F)ccc4C)[C@@H](O)[C@H]3[C@@H]2CC(=O)O1. The van der Waals surface area contributed by atoms with Gasteiger partial charge < -0.3 is 53.2 Å². The second kappa shape index (κ2) is 20.3. The molecule has 5 fully saturated rings. The lowest BCUT2D eigenvalue weighted by Gasteiger charge is -2.47. The number of nitrogens with zero attached hydrogens (tertiary/aromatic N) is 1. The van der Waals surface area contributed by atoms with Crippen LogP contribution in [0.5, 0.6) is 0 Å². The number of anilines is 1. The fraction of sp³-hybridized carbons (Fsp3) is 0.792. The van der Waals surface area contributed by atoms with E-state index in [4.69, 9.17) is 37.9 Å². The largest absolute Gasteiger partial charge is 0.462 e. The summed E-state index contributed by atoms with van der Waals surface area (Å²) in [5, 5.41) is 16.3. The second-order valence-corrected chi connectivity index (χ2v) is 19.2. The number of aryl methyl sites for hydroxylation is 1. The van der Waals surface area contributed by atoms with Crippen LogP contribution in [0.15, 0.2) is 29.8 Å². The number of fused-ring (bicyclic) bond motifs is 5. The number of aliphatic hydroxyl groups is 1. The lowest BCUT2D eigenvalue weighted by Crippen LogP contribution is -2.59. The number of methoxy groups -OCH3 is 3. The summed E-state index contributed by atoms with van der Waals surface area (Å²) in [6.45, 7) is 9.87. The van der Waals surface area contributed by atoms with Crippen LogP contribution in [0.2, 0.25) is 0 Å². The summed E-state index contributed by atoms with van der Waals surface area (Å²) in [6, 6.07) is 4.34. The maximum atomic E-state index is 15.1. The molecule has 1 aromatic carbocycles. The predicted octanol–water partition coefficient (Wildman–Crippen LogP) is 6.22. The molecule has 0 bridgehead atoms. The normalized spacial score (nSPS) is 42.9. The Bertz CT molecular complexity index is 1730. The van der Waals surface area contributed by atoms with E-state index in [1.807, 2.05) is 27.7 Å². The van der Waals surface area contributed by atoms with Crippen molar-refractivity contribution in [2.24, 2.45) is 35.5 Å². The number of ether oxygens (including phenoxy) is 8. The molecule has 3 aliphatic heterocycles. The van der Waals surface area contributed by atoms with Gasteiger partial charge in [-0.2, -0.15) is 0 Å². The summed E-state index contributed by atoms with van der Waals surface area (Å²) in [6.07, 6.45) is 2.58. The summed E-state index contributed by atoms with van der Waals surface area (Å²) in [4.78, 5) is 31.2. The van der Waals surface area contributed by atoms with Gasteiger partial charge in [0.1, 0.15) is 30.2 Å². The molecule has 14 heteroatoms. The highest BCUT2D eigenvalue weighted by Gasteiger charge is 2.60. The van der Waals surface area contributed by atoms with Gasteiger partial charge in [-0.25, -0.2) is 4.39 Å². The number of aliphatic hydroxyl groups excluding tert-OH is 1. The zero-order valence-electron chi connectivity index (χ0n) is 38.5. The number of ketones is 1. The van der Waals surface area contributed by atoms with Gasteiger partial charge in [0.05, 0.1) is 43.0 Å². The molecule has 0 spiro atoms. The fourth-order valence-electron chi connectivity index (χ4n) is 12.1. The molecule has 3 saturated heterocycles. The van der Waals surface area contributed by atoms with E-state index >= 15 is 4.79 Å². The quantitative estimate of drug-likeness (QED) is 0.243. The van der Waals surface area contributed by atoms with E-state index in [9.17, 15) is 14.3 Å². The van der Waals surface area contributed by atoms with Crippen LogP contribution in [-0.4, -0.2) is 137 Å². The molecule has 62 heavy (non-hydrogen) atoms. The average Bonchev–Trinajstić information content (AvgIpc) is 3.83. The molecule has 1 aromatic rings. The number of carbonyl (C=O) groups excluding carboxylic acids is 2. The van der Waals surface area contributed by atoms with Crippen molar-refractivity contribution in [2.75, 3.05) is 40.7 Å². The van der Waals surface area contributed by atoms with Crippen molar-refractivity contribution in [3.8, 4) is 0 Å². The van der Waals surface area contributed by atoms with Gasteiger partial charge in [-0.15, -0.1) is 0 Å². The highest BCUT2D eigenvalue weighted by molar-refractivity contribution is 5.99. The van der Waals surface area contributed by atoms with E-state index in [1.165, 1.54) is 12.1 Å². The molecule has 19 atom stereocenters. The number of halogens is 1. The van der Waals surface area contributed by atoms with Gasteiger partial charge in [0.15, 0.2) is 18.4 Å². The minimum Gasteiger partial charge on any atom is -0.462 e. The van der Waals surface area contributed by atoms with Crippen molar-refractivity contribution in [2.45, 2.75) is 172 Å². The summed E-state index contributed by atoms with van der Waals surface area (Å²) < 4.78 is 64.9. The molecule has 7 rings (SSSR count). The number of cyclic esters (lactones) is 1. The molecular weight excluding hydrogens is 800 g/mol. The lowest BCUT2D eigenvalue weighted by atomic mass is 9.62. The number of allylic oxidation sites excluding steroid dienone is 2. The van der Waals surface area contributed by atoms with Gasteiger partial charge in [-0.3, -0.25) is 9.59 Å². The van der Waals surface area contributed by atoms with Crippen LogP contribution >= 0.6 is 0 Å². The van der Waals surface area contributed by atoms with Crippen molar-refractivity contribution in [3.05, 3.63) is 41.2 Å². The van der Waals surface area contributed by atoms with E-state index in [-0.39, 0.29) is 78.3 Å². The summed E-state index contributed by atoms with van der Waals surface area (Å²) in [5.41, 5.74) is 1.98. The number of likely N-dealkylation sites (N-methyl/N-ethyl adjacent to an activating group) is 1. The van der Waals surface area contributed by atoms with Crippen LogP contribution in [0, 0.1) is 48.2 Å². The predicted molar refractivity (Wildman–Crippen MR) is 230 cm³/mol. The number of hydrogen-bond donors (Lipinski definition) is 2. The Hall–Kier alpha value is -2.53. The zero-order valence-corrected chi connectivity index (χ0v) is 38.5. The van der Waals surface area contributed by atoms with Crippen molar-refractivity contribution in [3.63, 3.8) is 0 Å². The molecule has 2 saturated carbocycles. The molecule has 0 radical (unpaired) electrons. The van der Waals surface area contributed by atoms with Gasteiger partial charge in [0.2, 0.25) is 0 Å². The third kappa shape index (κ3) is 9.70. The molecule has 3 aliphatic carbocycles. The topological polar surface area (TPSA) is 143 Å². The minimum atomic E-state index is -1.00. The Labute approximate surface area is 368 Å². The number of hydrogen-bond acceptors (Lipinski definition) is 13. The summed E-state index contributed by atoms with van der Waals surface area (Å²) in [7, 11) is 8.98. The van der Waals surface area contributed by atoms with Crippen molar-refractivity contribution in [1.82, 2.24) is 4.90 Å². The van der Waals surface area contributed by atoms with E-state index in [0.717, 1.165) is 24.8 Å². The molecule has 0 amide bonds. The number of carbonyl (C=O) groups is 2. The third-order valence-electron chi connectivity index (χ3n) is 15.4. The van der Waals surface area contributed by atoms with Crippen molar-refractivity contribution in [1.29, 1.82) is 0 Å². The first-order valence-electron chi connectivity index (χ1n) is 23.2. The van der Waals surface area contributed by atoms with Gasteiger partial charge in [-0.1, -0.05) is 26.0 Å². The molecule has 4 unspecified atom stereocenters. The lowest BCUT2D eigenvalue weighted by molar-refractivity contribution is -0.314. The standard InChI is InChI=1S/C48H73FN2O11/c1-11-29-13-12-14-38(62-40-18-17-37(51(6)7)26(4)58-40)25(3)43(53)35-22-32-31-20-30(61-48-47(57-10)46(56-9)45(55-8)27(5)59-48)21-34(31)42(50-36-19-28(49)16-15-24(36)2)44(54)41(32)33(35)23-39(52)60-29/h15-16,19,22,25-27,29-34,37-38,40-42,44-48,50,54H,11-14,17-18,20-21,23H2,1-10H3/t25-,26?,27?,29+,30+,31+,32+,33-,34-,37+,38+,40+,41-,42+,44+,45+,46?,47?,48+/m1/s1. The minimum absolute atomic E-state index is 0.0292. The summed E-state index contributed by atoms with van der Waals surface area (Å²) in [5.74, 6) is -2.89. The smallest absolute Gasteiger partial charge is 0.306 e. The van der Waals surface area contributed by atoms with Crippen LogP contribution in [-0.2, 0) is 47.5 Å². The highest BCUT2D eigenvalue weighted by atomic mass is 19.1. The third-order valence-corrected chi connectivity index (χ3v) is 15.4. The van der Waals surface area contributed by atoms with Crippen LogP contribution in [0.25, 0.3) is 0 Å². The first kappa shape index (κ1) is 47.4. The highest BCUT2D eigenvalue weighted by Crippen LogP contribution is 2.57. The van der Waals surface area contributed by atoms with Crippen molar-refractivity contribution >= 4 is 17.4 Å². The second-order valence-electron chi connectivity index (χ2n) is 19.2. The van der Waals surface area contributed by atoms with Crippen LogP contribution in [0.3, 0.4) is 0 Å². The molecule has 0 aromatic heterocycles. The molecule has 2 N–H and O–H groups in total. The number of benzene rings is 1. The summed E-state index contributed by atoms with van der Waals surface area (Å²) >= 11 is 0. The average molecular weight is 873 g/mol. The van der Waals surface area contributed by atoms with Gasteiger partial charge in [0.25, 0.3) is 0 Å². The van der Waals surface area contributed by atoms with Crippen LogP contribution < -0.4 is 5.32 Å². The molecule has 13 nitrogen and oxygen atoms in total. The number of Topliss-reactive ketones (excluding diaryl/α,β-unsaturated/α-hetero) is 1. The van der Waals surface area contributed by atoms with E-state index in [0.29, 0.717) is 43.4 Å². The van der Waals surface area contributed by atoms with Gasteiger partial charge in [-0.05, 0) is 127 Å². The van der Waals surface area contributed by atoms with E-state index in [2.05, 4.69) is 37.3 Å². The van der Waals surface area contributed by atoms with Crippen LogP contribution in [0.1, 0.15) is 91.0 Å². The van der Waals surface area contributed by atoms with Crippen LogP contribution in [0.4, 0.5) is 10.1 Å². The maximum absolute atomic E-state index is 15.1. The van der Waals surface area contributed by atoms with Gasteiger partial charge in [0, 0.05) is 50.8 Å². The van der Waals surface area contributed by atoms with Crippen molar-refractivity contribution < 1.29 is 57.0 Å². The molecule has 6 aliphatic rings. The Balaban J connectivity index is 1.22. The Kier molecular flexibility index (Phi) is 15.6. The monoisotopic (exact) mass is 873 g/mol. The Morgan fingerprint density at radius 2 is 1.63 bits per heavy atom. The zero-order chi connectivity index (χ0) is 44.6. The Morgan fingerprint density at radius 1 is 0.903 bits per heavy atom. The number of esters is 1. The fourth-order valence-corrected chi connectivity index (χ4v) is 12.1. The van der Waals surface area contributed by atoms with E-state index < -0.39 is 60.8 Å². The number of nitrogens with one attached hydrogen (secondary N) is 1. The Morgan fingerprint density at radius 3 is 2.31 bits per heavy atom. The molecule has 348 valence electrons. The first-order chi connectivity index (χ1) is 29.7. The number of rotatable bonds is 11. The van der Waals surface area contributed by atoms with Gasteiger partial charge >= 0.3 is 5.97 Å². The molecule has 3 heterocycles. The maximum Gasteiger partial charge on any atom is 0.306 e. The van der Waals surface area contributed by atoms with E-state index in [1.54, 1.807) is 27.4 Å².